The van der Waals surface area contributed by atoms with Crippen LogP contribution in [0.15, 0.2) is 58.9 Å². The fraction of sp³-hybridized carbons (Fsp3) is 0.211. The fourth-order valence-electron chi connectivity index (χ4n) is 2.29. The van der Waals surface area contributed by atoms with Crippen molar-refractivity contribution >= 4 is 39.8 Å². The van der Waals surface area contributed by atoms with Gasteiger partial charge in [0.25, 0.3) is 0 Å². The van der Waals surface area contributed by atoms with Gasteiger partial charge < -0.3 is 15.4 Å². The second-order valence-electron chi connectivity index (χ2n) is 5.66. The van der Waals surface area contributed by atoms with Crippen molar-refractivity contribution < 1.29 is 9.53 Å². The molecule has 1 aromatic heterocycles. The van der Waals surface area contributed by atoms with Gasteiger partial charge in [0.1, 0.15) is 5.75 Å². The lowest BCUT2D eigenvalue weighted by atomic mass is 10.2. The first-order valence-electron chi connectivity index (χ1n) is 8.37. The molecule has 0 radical (unpaired) electrons. The number of anilines is 2. The summed E-state index contributed by atoms with van der Waals surface area (Å²) < 4.78 is 6.00. The number of nitrogens with one attached hydrogen (secondary N) is 2. The molecule has 0 saturated carbocycles. The number of para-hydroxylation sites is 2. The van der Waals surface area contributed by atoms with E-state index in [4.69, 9.17) is 4.74 Å². The van der Waals surface area contributed by atoms with E-state index in [1.54, 1.807) is 7.11 Å². The summed E-state index contributed by atoms with van der Waals surface area (Å²) >= 11 is 2.82. The van der Waals surface area contributed by atoms with Gasteiger partial charge in [-0.25, -0.2) is 0 Å². The molecule has 0 bridgehead atoms. The molecule has 0 unspecified atom stereocenters. The monoisotopic (exact) mass is 400 g/mol. The maximum atomic E-state index is 12.5. The number of carbonyl (C=O) groups is 1. The summed E-state index contributed by atoms with van der Waals surface area (Å²) in [6.07, 6.45) is 0. The summed E-state index contributed by atoms with van der Waals surface area (Å²) in [5.74, 6) is 0.518. The average molecular weight is 401 g/mol. The van der Waals surface area contributed by atoms with Gasteiger partial charge in [0, 0.05) is 6.54 Å². The van der Waals surface area contributed by atoms with Crippen molar-refractivity contribution in [3.05, 3.63) is 60.2 Å². The van der Waals surface area contributed by atoms with E-state index in [0.717, 1.165) is 9.47 Å². The molecular formula is C19H20N4O2S2. The molecule has 1 atom stereocenters. The van der Waals surface area contributed by atoms with Gasteiger partial charge in [-0.3, -0.25) is 4.79 Å². The van der Waals surface area contributed by atoms with E-state index in [9.17, 15) is 4.79 Å². The van der Waals surface area contributed by atoms with E-state index >= 15 is 0 Å². The Morgan fingerprint density at radius 1 is 1.15 bits per heavy atom. The quantitative estimate of drug-likeness (QED) is 0.550. The number of hydrogen-bond donors (Lipinski definition) is 2. The summed E-state index contributed by atoms with van der Waals surface area (Å²) in [7, 11) is 1.58. The zero-order valence-electron chi connectivity index (χ0n) is 15.0. The van der Waals surface area contributed by atoms with Crippen LogP contribution in [-0.4, -0.2) is 28.5 Å². The Morgan fingerprint density at radius 2 is 1.89 bits per heavy atom. The van der Waals surface area contributed by atoms with Crippen LogP contribution in [0, 0.1) is 0 Å². The van der Waals surface area contributed by atoms with Crippen molar-refractivity contribution in [3.8, 4) is 5.75 Å². The second-order valence-corrected chi connectivity index (χ2v) is 8.23. The third-order valence-electron chi connectivity index (χ3n) is 3.70. The molecule has 1 amide bonds. The number of nitrogens with zero attached hydrogens (tertiary/aromatic N) is 2. The molecule has 2 aromatic carbocycles. The Morgan fingerprint density at radius 3 is 2.67 bits per heavy atom. The Bertz CT molecular complexity index is 886. The van der Waals surface area contributed by atoms with Gasteiger partial charge in [-0.1, -0.05) is 65.6 Å². The smallest absolute Gasteiger partial charge is 0.237 e. The minimum atomic E-state index is -0.315. The molecule has 0 aliphatic carbocycles. The average Bonchev–Trinajstić information content (AvgIpc) is 3.15. The minimum absolute atomic E-state index is 0.113. The lowest BCUT2D eigenvalue weighted by Crippen LogP contribution is -2.22. The van der Waals surface area contributed by atoms with Gasteiger partial charge in [-0.05, 0) is 24.6 Å². The number of ether oxygens (including phenoxy) is 1. The van der Waals surface area contributed by atoms with Gasteiger partial charge in [-0.15, -0.1) is 10.2 Å². The van der Waals surface area contributed by atoms with Crippen LogP contribution in [0.3, 0.4) is 0 Å². The highest BCUT2D eigenvalue weighted by Crippen LogP contribution is 2.30. The van der Waals surface area contributed by atoms with Crippen LogP contribution in [0.25, 0.3) is 0 Å². The molecular weight excluding hydrogens is 380 g/mol. The third kappa shape index (κ3) is 5.45. The molecule has 2 N–H and O–H groups in total. The zero-order valence-corrected chi connectivity index (χ0v) is 16.6. The number of hydrogen-bond acceptors (Lipinski definition) is 7. The lowest BCUT2D eigenvalue weighted by Gasteiger charge is -2.12. The van der Waals surface area contributed by atoms with E-state index in [0.29, 0.717) is 18.0 Å². The number of carbonyl (C=O) groups excluding carboxylic acids is 1. The standard InChI is InChI=1S/C19H20N4O2S2/c1-13(17(24)21-15-10-6-7-11-16(15)25-2)26-19-23-22-18(27-19)20-12-14-8-4-3-5-9-14/h3-11,13H,12H2,1-2H3,(H,20,22)(H,21,24)/t13-/m1/s1. The van der Waals surface area contributed by atoms with Crippen molar-refractivity contribution in [2.75, 3.05) is 17.7 Å². The number of aromatic nitrogens is 2. The SMILES string of the molecule is COc1ccccc1NC(=O)[C@@H](C)Sc1nnc(NCc2ccccc2)s1. The molecule has 0 aliphatic heterocycles. The summed E-state index contributed by atoms with van der Waals surface area (Å²) in [5, 5.41) is 14.9. The number of amides is 1. The number of benzene rings is 2. The maximum absolute atomic E-state index is 12.5. The lowest BCUT2D eigenvalue weighted by molar-refractivity contribution is -0.115. The van der Waals surface area contributed by atoms with Crippen molar-refractivity contribution in [1.29, 1.82) is 0 Å². The molecule has 3 rings (SSSR count). The fourth-order valence-corrected chi connectivity index (χ4v) is 4.18. The van der Waals surface area contributed by atoms with Gasteiger partial charge in [-0.2, -0.15) is 0 Å². The van der Waals surface area contributed by atoms with Crippen molar-refractivity contribution in [1.82, 2.24) is 10.2 Å². The van der Waals surface area contributed by atoms with Crippen LogP contribution in [0.2, 0.25) is 0 Å². The molecule has 8 heteroatoms. The first-order chi connectivity index (χ1) is 13.2. The van der Waals surface area contributed by atoms with Crippen molar-refractivity contribution in [3.63, 3.8) is 0 Å². The Hall–Kier alpha value is -2.58. The van der Waals surface area contributed by atoms with Crippen molar-refractivity contribution in [2.24, 2.45) is 0 Å². The number of rotatable bonds is 8. The van der Waals surface area contributed by atoms with E-state index < -0.39 is 0 Å². The van der Waals surface area contributed by atoms with Gasteiger partial charge in [0.05, 0.1) is 18.0 Å². The molecule has 140 valence electrons. The molecule has 0 fully saturated rings. The van der Waals surface area contributed by atoms with E-state index in [1.165, 1.54) is 28.7 Å². The normalized spacial score (nSPS) is 11.6. The predicted octanol–water partition coefficient (Wildman–Crippen LogP) is 4.28. The van der Waals surface area contributed by atoms with Crippen molar-refractivity contribution in [2.45, 2.75) is 23.1 Å². The predicted molar refractivity (Wildman–Crippen MR) is 111 cm³/mol. The van der Waals surface area contributed by atoms with E-state index in [1.807, 2.05) is 61.5 Å². The third-order valence-corrected chi connectivity index (χ3v) is 5.77. The van der Waals surface area contributed by atoms with Crippen LogP contribution in [0.5, 0.6) is 5.75 Å². The summed E-state index contributed by atoms with van der Waals surface area (Å²) in [4.78, 5) is 12.5. The van der Waals surface area contributed by atoms with Crippen LogP contribution in [0.4, 0.5) is 10.8 Å². The Labute approximate surface area is 166 Å². The molecule has 27 heavy (non-hydrogen) atoms. The topological polar surface area (TPSA) is 76.1 Å². The molecule has 0 aliphatic rings. The van der Waals surface area contributed by atoms with E-state index in [-0.39, 0.29) is 11.2 Å². The summed E-state index contributed by atoms with van der Waals surface area (Å²) in [6, 6.07) is 17.4. The highest BCUT2D eigenvalue weighted by atomic mass is 32.2. The highest BCUT2D eigenvalue weighted by molar-refractivity contribution is 8.02. The summed E-state index contributed by atoms with van der Waals surface area (Å²) in [5.41, 5.74) is 1.83. The summed E-state index contributed by atoms with van der Waals surface area (Å²) in [6.45, 7) is 2.53. The van der Waals surface area contributed by atoms with Crippen LogP contribution >= 0.6 is 23.1 Å². The minimum Gasteiger partial charge on any atom is -0.495 e. The van der Waals surface area contributed by atoms with Crippen LogP contribution in [-0.2, 0) is 11.3 Å². The van der Waals surface area contributed by atoms with Gasteiger partial charge >= 0.3 is 0 Å². The Balaban J connectivity index is 1.54. The van der Waals surface area contributed by atoms with Crippen LogP contribution in [0.1, 0.15) is 12.5 Å². The van der Waals surface area contributed by atoms with Gasteiger partial charge in [0.15, 0.2) is 4.34 Å². The molecule has 6 nitrogen and oxygen atoms in total. The maximum Gasteiger partial charge on any atom is 0.237 e. The largest absolute Gasteiger partial charge is 0.495 e. The first kappa shape index (κ1) is 19.2. The number of thioether (sulfide) groups is 1. The van der Waals surface area contributed by atoms with Crippen LogP contribution < -0.4 is 15.4 Å². The molecule has 0 saturated heterocycles. The number of methoxy groups -OCH3 is 1. The zero-order chi connectivity index (χ0) is 19.1. The molecule has 3 aromatic rings. The second kappa shape index (κ2) is 9.38. The molecule has 0 spiro atoms. The van der Waals surface area contributed by atoms with E-state index in [2.05, 4.69) is 20.8 Å². The Kier molecular flexibility index (Phi) is 6.67. The molecule has 1 heterocycles. The highest BCUT2D eigenvalue weighted by Gasteiger charge is 2.18. The van der Waals surface area contributed by atoms with Gasteiger partial charge in [0.2, 0.25) is 11.0 Å². The first-order valence-corrected chi connectivity index (χ1v) is 10.1.